The lowest BCUT2D eigenvalue weighted by Crippen LogP contribution is -1.97. The normalized spacial score (nSPS) is 10.0. The van der Waals surface area contributed by atoms with Crippen molar-refractivity contribution in [3.8, 4) is 17.1 Å². The first-order chi connectivity index (χ1) is 8.33. The number of pyridine rings is 2. The molecule has 17 heavy (non-hydrogen) atoms. The van der Waals surface area contributed by atoms with Crippen molar-refractivity contribution in [2.45, 2.75) is 6.92 Å². The zero-order chi connectivity index (χ0) is 12.1. The Morgan fingerprint density at radius 2 is 2.12 bits per heavy atom. The van der Waals surface area contributed by atoms with Crippen LogP contribution in [-0.4, -0.2) is 23.6 Å². The van der Waals surface area contributed by atoms with Crippen LogP contribution in [0.1, 0.15) is 6.92 Å². The Hall–Kier alpha value is -2.10. The van der Waals surface area contributed by atoms with Crippen LogP contribution in [0.15, 0.2) is 36.7 Å². The van der Waals surface area contributed by atoms with E-state index in [1.165, 1.54) is 0 Å². The molecule has 0 aliphatic heterocycles. The molecule has 1 N–H and O–H groups in total. The van der Waals surface area contributed by atoms with E-state index >= 15 is 0 Å². The SMILES string of the molecule is CCNc1ccnc(-c2ccc(OC)nc2)c1. The summed E-state index contributed by atoms with van der Waals surface area (Å²) < 4.78 is 5.02. The molecule has 2 heterocycles. The molecule has 2 aromatic rings. The molecule has 0 saturated carbocycles. The van der Waals surface area contributed by atoms with Crippen LogP contribution in [0.5, 0.6) is 5.88 Å². The second-order valence-electron chi connectivity index (χ2n) is 3.55. The fourth-order valence-corrected chi connectivity index (χ4v) is 1.56. The Balaban J connectivity index is 2.28. The number of anilines is 1. The fourth-order valence-electron chi connectivity index (χ4n) is 1.56. The molecule has 88 valence electrons. The molecular weight excluding hydrogens is 214 g/mol. The van der Waals surface area contributed by atoms with Crippen LogP contribution in [0.25, 0.3) is 11.3 Å². The number of nitrogens with zero attached hydrogens (tertiary/aromatic N) is 2. The maximum Gasteiger partial charge on any atom is 0.212 e. The van der Waals surface area contributed by atoms with E-state index in [2.05, 4.69) is 22.2 Å². The summed E-state index contributed by atoms with van der Waals surface area (Å²) in [4.78, 5) is 8.49. The minimum atomic E-state index is 0.608. The van der Waals surface area contributed by atoms with Gasteiger partial charge in [0.05, 0.1) is 12.8 Å². The van der Waals surface area contributed by atoms with Gasteiger partial charge in [0, 0.05) is 36.3 Å². The van der Waals surface area contributed by atoms with Gasteiger partial charge in [-0.05, 0) is 25.1 Å². The van der Waals surface area contributed by atoms with Gasteiger partial charge in [0.2, 0.25) is 5.88 Å². The van der Waals surface area contributed by atoms with E-state index in [-0.39, 0.29) is 0 Å². The van der Waals surface area contributed by atoms with E-state index in [0.29, 0.717) is 5.88 Å². The van der Waals surface area contributed by atoms with Gasteiger partial charge in [-0.25, -0.2) is 4.98 Å². The highest BCUT2D eigenvalue weighted by Crippen LogP contribution is 2.20. The molecule has 0 saturated heterocycles. The van der Waals surface area contributed by atoms with Gasteiger partial charge in [0.15, 0.2) is 0 Å². The number of hydrogen-bond donors (Lipinski definition) is 1. The Morgan fingerprint density at radius 3 is 2.76 bits per heavy atom. The molecule has 0 radical (unpaired) electrons. The van der Waals surface area contributed by atoms with Gasteiger partial charge in [0.1, 0.15) is 0 Å². The van der Waals surface area contributed by atoms with Crippen molar-refractivity contribution in [3.05, 3.63) is 36.7 Å². The average Bonchev–Trinajstić information content (AvgIpc) is 2.40. The first kappa shape index (κ1) is 11.4. The smallest absolute Gasteiger partial charge is 0.212 e. The Morgan fingerprint density at radius 1 is 1.24 bits per heavy atom. The lowest BCUT2D eigenvalue weighted by atomic mass is 10.2. The third-order valence-corrected chi connectivity index (χ3v) is 2.38. The summed E-state index contributed by atoms with van der Waals surface area (Å²) in [5, 5.41) is 3.26. The van der Waals surface area contributed by atoms with E-state index in [4.69, 9.17) is 4.74 Å². The van der Waals surface area contributed by atoms with Crippen molar-refractivity contribution in [3.63, 3.8) is 0 Å². The zero-order valence-electron chi connectivity index (χ0n) is 9.97. The molecule has 0 aromatic carbocycles. The van der Waals surface area contributed by atoms with Crippen molar-refractivity contribution < 1.29 is 4.74 Å². The molecule has 0 fully saturated rings. The highest BCUT2D eigenvalue weighted by Gasteiger charge is 2.01. The van der Waals surface area contributed by atoms with Gasteiger partial charge < -0.3 is 10.1 Å². The third kappa shape index (κ3) is 2.72. The van der Waals surface area contributed by atoms with Crippen molar-refractivity contribution in [1.29, 1.82) is 0 Å². The van der Waals surface area contributed by atoms with Crippen molar-refractivity contribution in [2.75, 3.05) is 19.0 Å². The van der Waals surface area contributed by atoms with Crippen LogP contribution in [0, 0.1) is 0 Å². The van der Waals surface area contributed by atoms with Gasteiger partial charge in [-0.1, -0.05) is 0 Å². The maximum absolute atomic E-state index is 5.02. The largest absolute Gasteiger partial charge is 0.481 e. The lowest BCUT2D eigenvalue weighted by Gasteiger charge is -2.06. The van der Waals surface area contributed by atoms with E-state index in [9.17, 15) is 0 Å². The van der Waals surface area contributed by atoms with Crippen molar-refractivity contribution in [1.82, 2.24) is 9.97 Å². The van der Waals surface area contributed by atoms with Gasteiger partial charge in [-0.15, -0.1) is 0 Å². The highest BCUT2D eigenvalue weighted by atomic mass is 16.5. The van der Waals surface area contributed by atoms with Crippen LogP contribution in [0.3, 0.4) is 0 Å². The third-order valence-electron chi connectivity index (χ3n) is 2.38. The number of rotatable bonds is 4. The predicted octanol–water partition coefficient (Wildman–Crippen LogP) is 2.58. The van der Waals surface area contributed by atoms with Crippen LogP contribution >= 0.6 is 0 Å². The number of ether oxygens (including phenoxy) is 1. The van der Waals surface area contributed by atoms with E-state index in [1.54, 1.807) is 19.5 Å². The predicted molar refractivity (Wildman–Crippen MR) is 68.2 cm³/mol. The number of hydrogen-bond acceptors (Lipinski definition) is 4. The molecule has 2 aromatic heterocycles. The number of nitrogens with one attached hydrogen (secondary N) is 1. The molecular formula is C13H15N3O. The molecule has 0 unspecified atom stereocenters. The zero-order valence-corrected chi connectivity index (χ0v) is 9.97. The molecule has 0 bridgehead atoms. The Kier molecular flexibility index (Phi) is 3.55. The summed E-state index contributed by atoms with van der Waals surface area (Å²) in [6, 6.07) is 7.73. The summed E-state index contributed by atoms with van der Waals surface area (Å²) in [5.74, 6) is 0.608. The van der Waals surface area contributed by atoms with Crippen LogP contribution in [0.2, 0.25) is 0 Å². The van der Waals surface area contributed by atoms with E-state index < -0.39 is 0 Å². The average molecular weight is 229 g/mol. The highest BCUT2D eigenvalue weighted by molar-refractivity contribution is 5.63. The molecule has 0 aliphatic rings. The number of methoxy groups -OCH3 is 1. The summed E-state index contributed by atoms with van der Waals surface area (Å²) in [7, 11) is 1.60. The monoisotopic (exact) mass is 229 g/mol. The molecule has 2 rings (SSSR count). The van der Waals surface area contributed by atoms with E-state index in [0.717, 1.165) is 23.5 Å². The standard InChI is InChI=1S/C13H15N3O/c1-3-14-11-6-7-15-12(8-11)10-4-5-13(17-2)16-9-10/h4-9H,3H2,1-2H3,(H,14,15). The molecule has 0 aliphatic carbocycles. The molecule has 4 heteroatoms. The molecule has 4 nitrogen and oxygen atoms in total. The molecule has 0 spiro atoms. The van der Waals surface area contributed by atoms with Gasteiger partial charge >= 0.3 is 0 Å². The lowest BCUT2D eigenvalue weighted by molar-refractivity contribution is 0.398. The topological polar surface area (TPSA) is 47.0 Å². The Labute approximate surface area is 101 Å². The van der Waals surface area contributed by atoms with Crippen molar-refractivity contribution in [2.24, 2.45) is 0 Å². The minimum Gasteiger partial charge on any atom is -0.481 e. The molecule has 0 atom stereocenters. The van der Waals surface area contributed by atoms with Gasteiger partial charge in [0.25, 0.3) is 0 Å². The van der Waals surface area contributed by atoms with Crippen molar-refractivity contribution >= 4 is 5.69 Å². The summed E-state index contributed by atoms with van der Waals surface area (Å²) in [6.07, 6.45) is 3.55. The fraction of sp³-hybridized carbons (Fsp3) is 0.231. The van der Waals surface area contributed by atoms with Gasteiger partial charge in [-0.2, -0.15) is 0 Å². The van der Waals surface area contributed by atoms with Crippen LogP contribution < -0.4 is 10.1 Å². The van der Waals surface area contributed by atoms with Gasteiger partial charge in [-0.3, -0.25) is 4.98 Å². The first-order valence-electron chi connectivity index (χ1n) is 5.54. The summed E-state index contributed by atoms with van der Waals surface area (Å²) in [5.41, 5.74) is 2.94. The minimum absolute atomic E-state index is 0.608. The summed E-state index contributed by atoms with van der Waals surface area (Å²) >= 11 is 0. The summed E-state index contributed by atoms with van der Waals surface area (Å²) in [6.45, 7) is 2.96. The quantitative estimate of drug-likeness (QED) is 0.875. The van der Waals surface area contributed by atoms with E-state index in [1.807, 2.05) is 24.3 Å². The molecule has 0 amide bonds. The number of aromatic nitrogens is 2. The maximum atomic E-state index is 5.02. The second-order valence-corrected chi connectivity index (χ2v) is 3.55. The van der Waals surface area contributed by atoms with Crippen LogP contribution in [0.4, 0.5) is 5.69 Å². The second kappa shape index (κ2) is 5.30. The first-order valence-corrected chi connectivity index (χ1v) is 5.54. The Bertz CT molecular complexity index is 482. The van der Waals surface area contributed by atoms with Crippen LogP contribution in [-0.2, 0) is 0 Å².